The second-order valence-corrected chi connectivity index (χ2v) is 10.9. The lowest BCUT2D eigenvalue weighted by atomic mass is 9.96. The highest BCUT2D eigenvalue weighted by Gasteiger charge is 2.27. The first-order valence-corrected chi connectivity index (χ1v) is 13.9. The van der Waals surface area contributed by atoms with E-state index in [1.165, 1.54) is 58.8 Å². The highest BCUT2D eigenvalue weighted by Crippen LogP contribution is 2.23. The minimum atomic E-state index is 0.475. The predicted molar refractivity (Wildman–Crippen MR) is 158 cm³/mol. The zero-order chi connectivity index (χ0) is 25.5. The summed E-state index contributed by atoms with van der Waals surface area (Å²) in [4.78, 5) is 5.04. The Morgan fingerprint density at radius 1 is 0.757 bits per heavy atom. The second-order valence-electron chi connectivity index (χ2n) is 10.9. The summed E-state index contributed by atoms with van der Waals surface area (Å²) in [5.41, 5.74) is 5.40. The Balaban J connectivity index is 1.26. The van der Waals surface area contributed by atoms with E-state index in [4.69, 9.17) is 0 Å². The van der Waals surface area contributed by atoms with Gasteiger partial charge >= 0.3 is 0 Å². The van der Waals surface area contributed by atoms with Crippen LogP contribution in [0.25, 0.3) is 21.9 Å². The summed E-state index contributed by atoms with van der Waals surface area (Å²) >= 11 is 0. The number of piperazine rings is 1. The fourth-order valence-corrected chi connectivity index (χ4v) is 5.67. The van der Waals surface area contributed by atoms with Crippen LogP contribution in [-0.4, -0.2) is 55.6 Å². The number of unbranched alkanes of at least 4 members (excludes halogenated alkanes) is 1. The number of nitrogens with one attached hydrogen (secondary N) is 1. The van der Waals surface area contributed by atoms with Crippen LogP contribution in [0.3, 0.4) is 0 Å². The Hall–Kier alpha value is -2.98. The maximum absolute atomic E-state index is 3.91. The van der Waals surface area contributed by atoms with E-state index in [-0.39, 0.29) is 0 Å². The zero-order valence-corrected chi connectivity index (χ0v) is 22.4. The summed E-state index contributed by atoms with van der Waals surface area (Å²) in [6.07, 6.45) is 4.88. The van der Waals surface area contributed by atoms with Crippen LogP contribution in [-0.2, 0) is 13.0 Å². The average Bonchev–Trinajstić information content (AvgIpc) is 2.93. The minimum absolute atomic E-state index is 0.475. The van der Waals surface area contributed by atoms with Gasteiger partial charge in [-0.15, -0.1) is 0 Å². The fourth-order valence-electron chi connectivity index (χ4n) is 5.67. The zero-order valence-electron chi connectivity index (χ0n) is 22.4. The molecule has 0 aromatic heterocycles. The highest BCUT2D eigenvalue weighted by molar-refractivity contribution is 5.83. The molecule has 1 fully saturated rings. The van der Waals surface area contributed by atoms with Crippen molar-refractivity contribution in [1.82, 2.24) is 15.1 Å². The Labute approximate surface area is 223 Å². The molecule has 1 aliphatic heterocycles. The number of benzene rings is 4. The summed E-state index contributed by atoms with van der Waals surface area (Å²) < 4.78 is 0. The predicted octanol–water partition coefficient (Wildman–Crippen LogP) is 6.62. The number of hydrogen-bond donors (Lipinski definition) is 1. The number of fused-ring (bicyclic) bond motifs is 1. The third-order valence-electron chi connectivity index (χ3n) is 7.75. The van der Waals surface area contributed by atoms with Gasteiger partial charge in [0.05, 0.1) is 0 Å². The molecule has 1 N–H and O–H groups in total. The van der Waals surface area contributed by atoms with E-state index in [1.807, 2.05) is 0 Å². The van der Waals surface area contributed by atoms with E-state index in [0.717, 1.165) is 26.1 Å². The maximum atomic E-state index is 3.91. The summed E-state index contributed by atoms with van der Waals surface area (Å²) in [6.45, 7) is 4.35. The monoisotopic (exact) mass is 491 g/mol. The number of rotatable bonds is 10. The lowest BCUT2D eigenvalue weighted by Crippen LogP contribution is -2.56. The van der Waals surface area contributed by atoms with Crippen molar-refractivity contribution in [3.63, 3.8) is 0 Å². The van der Waals surface area contributed by atoms with E-state index in [0.29, 0.717) is 12.1 Å². The van der Waals surface area contributed by atoms with Crippen LogP contribution in [0.5, 0.6) is 0 Å². The summed E-state index contributed by atoms with van der Waals surface area (Å²) in [5, 5.41) is 6.57. The minimum Gasteiger partial charge on any atom is -0.311 e. The van der Waals surface area contributed by atoms with Crippen LogP contribution in [0.2, 0.25) is 0 Å². The second kappa shape index (κ2) is 12.5. The molecule has 37 heavy (non-hydrogen) atoms. The van der Waals surface area contributed by atoms with Crippen molar-refractivity contribution in [3.05, 3.63) is 108 Å². The molecule has 3 nitrogen and oxygen atoms in total. The van der Waals surface area contributed by atoms with Crippen molar-refractivity contribution in [2.45, 2.75) is 44.3 Å². The van der Waals surface area contributed by atoms with Crippen molar-refractivity contribution in [1.29, 1.82) is 0 Å². The lowest BCUT2D eigenvalue weighted by molar-refractivity contribution is 0.113. The molecular weight excluding hydrogens is 450 g/mol. The van der Waals surface area contributed by atoms with Crippen LogP contribution in [0.15, 0.2) is 97.1 Å². The molecule has 0 bridgehead atoms. The molecule has 192 valence electrons. The van der Waals surface area contributed by atoms with Gasteiger partial charge in [0.25, 0.3) is 0 Å². The van der Waals surface area contributed by atoms with Gasteiger partial charge in [0.15, 0.2) is 0 Å². The number of hydrogen-bond acceptors (Lipinski definition) is 3. The van der Waals surface area contributed by atoms with Crippen LogP contribution in [0.4, 0.5) is 0 Å². The molecule has 1 heterocycles. The van der Waals surface area contributed by atoms with Crippen LogP contribution in [0.1, 0.15) is 30.4 Å². The first-order valence-electron chi connectivity index (χ1n) is 13.9. The Morgan fingerprint density at radius 3 is 2.24 bits per heavy atom. The standard InChI is InChI=1S/C34H41N3/c1-36(2)21-9-8-14-34-24-35-33(23-28-17-20-30-12-6-7-13-32(30)22-28)26-37(34)25-27-15-18-31(19-16-27)29-10-4-3-5-11-29/h3-7,10-13,15-20,22,33-35H,8-9,14,21,23-26H2,1-2H3/t33-,34-/m0/s1. The molecule has 4 aromatic rings. The van der Waals surface area contributed by atoms with Crippen molar-refractivity contribution in [2.75, 3.05) is 33.7 Å². The molecule has 0 saturated carbocycles. The van der Waals surface area contributed by atoms with E-state index < -0.39 is 0 Å². The third-order valence-corrected chi connectivity index (χ3v) is 7.75. The van der Waals surface area contributed by atoms with Crippen LogP contribution >= 0.6 is 0 Å². The molecule has 0 unspecified atom stereocenters. The van der Waals surface area contributed by atoms with E-state index >= 15 is 0 Å². The molecule has 0 aliphatic carbocycles. The highest BCUT2D eigenvalue weighted by atomic mass is 15.2. The first kappa shape index (κ1) is 25.7. The SMILES string of the molecule is CN(C)CCCC[C@H]1CN[C@@H](Cc2ccc3ccccc3c2)CN1Cc1ccc(-c2ccccc2)cc1. The maximum Gasteiger partial charge on any atom is 0.0237 e. The smallest absolute Gasteiger partial charge is 0.0237 e. The molecular formula is C34H41N3. The van der Waals surface area contributed by atoms with Crippen molar-refractivity contribution < 1.29 is 0 Å². The fraction of sp³-hybridized carbons (Fsp3) is 0.353. The Bertz CT molecular complexity index is 1250. The lowest BCUT2D eigenvalue weighted by Gasteiger charge is -2.41. The molecule has 0 spiro atoms. The number of nitrogens with zero attached hydrogens (tertiary/aromatic N) is 2. The van der Waals surface area contributed by atoms with Gasteiger partial charge in [0.1, 0.15) is 0 Å². The first-order chi connectivity index (χ1) is 18.1. The van der Waals surface area contributed by atoms with Gasteiger partial charge in [-0.05, 0) is 72.9 Å². The van der Waals surface area contributed by atoms with Crippen LogP contribution in [0, 0.1) is 0 Å². The topological polar surface area (TPSA) is 18.5 Å². The Kier molecular flexibility index (Phi) is 8.68. The normalized spacial score (nSPS) is 18.5. The third kappa shape index (κ3) is 7.07. The van der Waals surface area contributed by atoms with Gasteiger partial charge in [0.2, 0.25) is 0 Å². The van der Waals surface area contributed by atoms with Gasteiger partial charge in [0, 0.05) is 31.7 Å². The van der Waals surface area contributed by atoms with Crippen molar-refractivity contribution in [2.24, 2.45) is 0 Å². The van der Waals surface area contributed by atoms with Crippen molar-refractivity contribution in [3.8, 4) is 11.1 Å². The van der Waals surface area contributed by atoms with Gasteiger partial charge in [-0.3, -0.25) is 4.90 Å². The summed E-state index contributed by atoms with van der Waals surface area (Å²) in [7, 11) is 4.34. The molecule has 1 aliphatic rings. The van der Waals surface area contributed by atoms with Gasteiger partial charge in [-0.25, -0.2) is 0 Å². The molecule has 2 atom stereocenters. The molecule has 5 rings (SSSR count). The molecule has 1 saturated heterocycles. The molecule has 0 amide bonds. The van der Waals surface area contributed by atoms with Crippen molar-refractivity contribution >= 4 is 10.8 Å². The summed E-state index contributed by atoms with van der Waals surface area (Å²) in [6, 6.07) is 36.6. The van der Waals surface area contributed by atoms with E-state index in [2.05, 4.69) is 126 Å². The quantitative estimate of drug-likeness (QED) is 0.251. The van der Waals surface area contributed by atoms with E-state index in [9.17, 15) is 0 Å². The molecule has 3 heteroatoms. The molecule has 4 aromatic carbocycles. The van der Waals surface area contributed by atoms with Gasteiger partial charge in [-0.1, -0.05) is 103 Å². The largest absolute Gasteiger partial charge is 0.311 e. The van der Waals surface area contributed by atoms with Gasteiger partial charge < -0.3 is 10.2 Å². The summed E-state index contributed by atoms with van der Waals surface area (Å²) in [5.74, 6) is 0. The molecule has 0 radical (unpaired) electrons. The van der Waals surface area contributed by atoms with E-state index in [1.54, 1.807) is 0 Å². The van der Waals surface area contributed by atoms with Crippen LogP contribution < -0.4 is 5.32 Å². The average molecular weight is 492 g/mol. The van der Waals surface area contributed by atoms with Gasteiger partial charge in [-0.2, -0.15) is 0 Å². The Morgan fingerprint density at radius 2 is 1.46 bits per heavy atom.